The molecule has 1 heterocycles. The molecule has 44 heavy (non-hydrogen) atoms. The lowest BCUT2D eigenvalue weighted by molar-refractivity contribution is -0.144. The van der Waals surface area contributed by atoms with Crippen LogP contribution in [0.25, 0.3) is 16.7 Å². The second-order valence-electron chi connectivity index (χ2n) is 11.2. The van der Waals surface area contributed by atoms with Gasteiger partial charge in [-0.3, -0.25) is 19.2 Å². The fourth-order valence-corrected chi connectivity index (χ4v) is 6.38. The standard InChI is InChI=1S/C37H32ClN3O3/c1-36(34(42)43,25-26-21-23-30(24-22-26)41-33-31(38)19-12-20-32(33)40(2)35(41)44)39-37(27-13-6-3-7-14-27,28-15-8-4-9-16-28)29-17-10-5-11-18-29/h3-24,39H,25H2,1-2H3,(H,42,43). The lowest BCUT2D eigenvalue weighted by Gasteiger charge is -2.43. The first-order valence-electron chi connectivity index (χ1n) is 14.4. The van der Waals surface area contributed by atoms with Crippen molar-refractivity contribution >= 4 is 28.6 Å². The lowest BCUT2D eigenvalue weighted by atomic mass is 9.74. The highest BCUT2D eigenvalue weighted by atomic mass is 35.5. The fourth-order valence-electron chi connectivity index (χ4n) is 6.12. The van der Waals surface area contributed by atoms with Gasteiger partial charge in [0, 0.05) is 13.5 Å². The minimum absolute atomic E-state index is 0.183. The van der Waals surface area contributed by atoms with E-state index in [0.717, 1.165) is 27.8 Å². The van der Waals surface area contributed by atoms with Crippen LogP contribution in [0.4, 0.5) is 0 Å². The molecule has 1 aromatic heterocycles. The molecule has 6 nitrogen and oxygen atoms in total. The average molecular weight is 602 g/mol. The van der Waals surface area contributed by atoms with Gasteiger partial charge in [-0.1, -0.05) is 121 Å². The average Bonchev–Trinajstić information content (AvgIpc) is 3.32. The summed E-state index contributed by atoms with van der Waals surface area (Å²) in [6.07, 6.45) is 0.183. The maximum absolute atomic E-state index is 13.2. The molecule has 6 aromatic rings. The smallest absolute Gasteiger partial charge is 0.333 e. The lowest BCUT2D eigenvalue weighted by Crippen LogP contribution is -2.61. The zero-order valence-electron chi connectivity index (χ0n) is 24.4. The summed E-state index contributed by atoms with van der Waals surface area (Å²) in [6.45, 7) is 1.72. The number of aromatic nitrogens is 2. The van der Waals surface area contributed by atoms with Gasteiger partial charge < -0.3 is 5.11 Å². The molecule has 0 fully saturated rings. The van der Waals surface area contributed by atoms with E-state index in [0.29, 0.717) is 16.2 Å². The van der Waals surface area contributed by atoms with Crippen LogP contribution in [-0.4, -0.2) is 25.7 Å². The number of halogens is 1. The second-order valence-corrected chi connectivity index (χ2v) is 11.6. The van der Waals surface area contributed by atoms with E-state index in [1.54, 1.807) is 29.2 Å². The molecule has 0 radical (unpaired) electrons. The van der Waals surface area contributed by atoms with E-state index in [4.69, 9.17) is 11.6 Å². The topological polar surface area (TPSA) is 76.3 Å². The highest BCUT2D eigenvalue weighted by Crippen LogP contribution is 2.39. The molecular formula is C37H32ClN3O3. The Kier molecular flexibility index (Phi) is 7.72. The quantitative estimate of drug-likeness (QED) is 0.176. The number of para-hydroxylation sites is 1. The van der Waals surface area contributed by atoms with Crippen molar-refractivity contribution < 1.29 is 9.90 Å². The maximum atomic E-state index is 13.2. The molecule has 0 spiro atoms. The molecule has 0 bridgehead atoms. The number of rotatable bonds is 9. The Hall–Kier alpha value is -4.91. The van der Waals surface area contributed by atoms with Crippen molar-refractivity contribution in [3.63, 3.8) is 0 Å². The predicted molar refractivity (Wildman–Crippen MR) is 176 cm³/mol. The van der Waals surface area contributed by atoms with Crippen LogP contribution in [0.1, 0.15) is 29.2 Å². The van der Waals surface area contributed by atoms with Gasteiger partial charge in [-0.25, -0.2) is 4.79 Å². The molecule has 7 heteroatoms. The summed E-state index contributed by atoms with van der Waals surface area (Å²) in [6, 6.07) is 42.7. The summed E-state index contributed by atoms with van der Waals surface area (Å²) in [5.74, 6) is -0.981. The highest BCUT2D eigenvalue weighted by molar-refractivity contribution is 6.35. The van der Waals surface area contributed by atoms with Crippen LogP contribution in [0.2, 0.25) is 5.02 Å². The molecule has 0 aliphatic heterocycles. The van der Waals surface area contributed by atoms with Crippen molar-refractivity contribution in [1.29, 1.82) is 0 Å². The van der Waals surface area contributed by atoms with E-state index < -0.39 is 17.0 Å². The van der Waals surface area contributed by atoms with Crippen LogP contribution in [0.15, 0.2) is 138 Å². The number of carboxylic acid groups (broad SMARTS) is 1. The van der Waals surface area contributed by atoms with Crippen molar-refractivity contribution in [2.45, 2.75) is 24.4 Å². The molecular weight excluding hydrogens is 570 g/mol. The Balaban J connectivity index is 1.44. The zero-order chi connectivity index (χ0) is 30.9. The molecule has 5 aromatic carbocycles. The third kappa shape index (κ3) is 5.02. The van der Waals surface area contributed by atoms with Gasteiger partial charge in [0.2, 0.25) is 0 Å². The van der Waals surface area contributed by atoms with E-state index in [9.17, 15) is 14.7 Å². The van der Waals surface area contributed by atoms with Crippen LogP contribution >= 0.6 is 11.6 Å². The van der Waals surface area contributed by atoms with E-state index in [1.807, 2.05) is 127 Å². The summed E-state index contributed by atoms with van der Waals surface area (Å²) in [5, 5.41) is 14.9. The molecule has 0 aliphatic carbocycles. The van der Waals surface area contributed by atoms with Gasteiger partial charge in [0.15, 0.2) is 0 Å². The van der Waals surface area contributed by atoms with E-state index >= 15 is 0 Å². The Labute approximate surface area is 260 Å². The van der Waals surface area contributed by atoms with Crippen LogP contribution in [0.3, 0.4) is 0 Å². The molecule has 1 unspecified atom stereocenters. The van der Waals surface area contributed by atoms with Crippen molar-refractivity contribution in [1.82, 2.24) is 14.5 Å². The van der Waals surface area contributed by atoms with Crippen LogP contribution in [0.5, 0.6) is 0 Å². The first-order valence-corrected chi connectivity index (χ1v) is 14.8. The largest absolute Gasteiger partial charge is 0.480 e. The maximum Gasteiger partial charge on any atom is 0.333 e. The summed E-state index contributed by atoms with van der Waals surface area (Å²) < 4.78 is 3.15. The SMILES string of the molecule is Cn1c(=O)n(-c2ccc(CC(C)(NC(c3ccccc3)(c3ccccc3)c3ccccc3)C(=O)O)cc2)c2c(Cl)cccc21. The normalized spacial score (nSPS) is 13.1. The van der Waals surface area contributed by atoms with Gasteiger partial charge in [-0.15, -0.1) is 0 Å². The van der Waals surface area contributed by atoms with E-state index in [1.165, 1.54) is 0 Å². The molecule has 0 aliphatic rings. The monoisotopic (exact) mass is 601 g/mol. The van der Waals surface area contributed by atoms with E-state index in [2.05, 4.69) is 5.32 Å². The number of hydrogen-bond acceptors (Lipinski definition) is 3. The van der Waals surface area contributed by atoms with Crippen LogP contribution in [-0.2, 0) is 23.8 Å². The summed E-state index contributed by atoms with van der Waals surface area (Å²) in [5.41, 5.74) is 3.00. The molecule has 0 saturated carbocycles. The molecule has 2 N–H and O–H groups in total. The second kappa shape index (κ2) is 11.6. The number of nitrogens with zero attached hydrogens (tertiary/aromatic N) is 2. The minimum Gasteiger partial charge on any atom is -0.480 e. The summed E-state index contributed by atoms with van der Waals surface area (Å²) in [4.78, 5) is 26.4. The van der Waals surface area contributed by atoms with E-state index in [-0.39, 0.29) is 12.1 Å². The Morgan fingerprint density at radius 3 is 1.73 bits per heavy atom. The van der Waals surface area contributed by atoms with Gasteiger partial charge >= 0.3 is 11.7 Å². The Bertz CT molecular complexity index is 1890. The van der Waals surface area contributed by atoms with Crippen molar-refractivity contribution in [3.8, 4) is 5.69 Å². The number of hydrogen-bond donors (Lipinski definition) is 2. The number of nitrogens with one attached hydrogen (secondary N) is 1. The molecule has 6 rings (SSSR count). The number of aryl methyl sites for hydroxylation is 1. The fraction of sp³-hybridized carbons (Fsp3) is 0.135. The highest BCUT2D eigenvalue weighted by Gasteiger charge is 2.45. The van der Waals surface area contributed by atoms with Gasteiger partial charge in [-0.05, 0) is 53.4 Å². The Morgan fingerprint density at radius 2 is 1.25 bits per heavy atom. The number of benzene rings is 5. The van der Waals surface area contributed by atoms with Gasteiger partial charge in [0.1, 0.15) is 5.54 Å². The summed E-state index contributed by atoms with van der Waals surface area (Å²) >= 11 is 6.52. The number of carboxylic acids is 1. The van der Waals surface area contributed by atoms with Crippen LogP contribution < -0.4 is 11.0 Å². The molecule has 0 saturated heterocycles. The number of imidazole rings is 1. The first kappa shape index (κ1) is 29.2. The molecule has 0 amide bonds. The number of fused-ring (bicyclic) bond motifs is 1. The molecule has 1 atom stereocenters. The van der Waals surface area contributed by atoms with Crippen LogP contribution in [0, 0.1) is 0 Å². The third-order valence-electron chi connectivity index (χ3n) is 8.34. The Morgan fingerprint density at radius 1 is 0.750 bits per heavy atom. The zero-order valence-corrected chi connectivity index (χ0v) is 25.2. The summed E-state index contributed by atoms with van der Waals surface area (Å²) in [7, 11) is 1.72. The molecule has 220 valence electrons. The number of carbonyl (C=O) groups is 1. The van der Waals surface area contributed by atoms with Crippen molar-refractivity contribution in [2.75, 3.05) is 0 Å². The van der Waals surface area contributed by atoms with Crippen molar-refractivity contribution in [2.24, 2.45) is 7.05 Å². The van der Waals surface area contributed by atoms with Gasteiger partial charge in [0.05, 0.1) is 27.3 Å². The minimum atomic E-state index is -1.40. The van der Waals surface area contributed by atoms with Gasteiger partial charge in [0.25, 0.3) is 0 Å². The van der Waals surface area contributed by atoms with Gasteiger partial charge in [-0.2, -0.15) is 0 Å². The van der Waals surface area contributed by atoms with Crippen molar-refractivity contribution in [3.05, 3.63) is 171 Å². The number of aliphatic carboxylic acids is 1. The first-order chi connectivity index (χ1) is 21.2. The third-order valence-corrected chi connectivity index (χ3v) is 8.64. The predicted octanol–water partition coefficient (Wildman–Crippen LogP) is 6.95.